The lowest BCUT2D eigenvalue weighted by Crippen LogP contribution is -2.11. The number of nitrogens with two attached hydrogens (primary N) is 1. The molecule has 2 aromatic heterocycles. The van der Waals surface area contributed by atoms with E-state index in [1.54, 1.807) is 37.3 Å². The Morgan fingerprint density at radius 1 is 1.30 bits per heavy atom. The smallest absolute Gasteiger partial charge is 0.251 e. The molecule has 3 rings (SSSR count). The molecular weight excluding hydrogens is 409 g/mol. The van der Waals surface area contributed by atoms with Crippen molar-refractivity contribution in [3.63, 3.8) is 0 Å². The summed E-state index contributed by atoms with van der Waals surface area (Å²) >= 11 is 1.17. The van der Waals surface area contributed by atoms with E-state index < -0.39 is 11.7 Å². The van der Waals surface area contributed by atoms with E-state index in [4.69, 9.17) is 15.6 Å². The Kier molecular flexibility index (Phi) is 6.99. The van der Waals surface area contributed by atoms with E-state index in [9.17, 15) is 14.3 Å². The number of nitrogens with zero attached hydrogens (tertiary/aromatic N) is 1. The minimum atomic E-state index is -0.654. The summed E-state index contributed by atoms with van der Waals surface area (Å²) < 4.78 is 20.0. The van der Waals surface area contributed by atoms with Gasteiger partial charge >= 0.3 is 0 Å². The number of aliphatic hydroxyl groups excluding tert-OH is 2. The number of hydrogen-bond donors (Lipinski definition) is 4. The minimum absolute atomic E-state index is 0.0776. The molecule has 0 bridgehead atoms. The number of benzene rings is 1. The fourth-order valence-electron chi connectivity index (χ4n) is 2.77. The van der Waals surface area contributed by atoms with Crippen LogP contribution >= 0.6 is 11.3 Å². The fourth-order valence-corrected chi connectivity index (χ4v) is 3.87. The van der Waals surface area contributed by atoms with Crippen molar-refractivity contribution in [2.24, 2.45) is 5.73 Å². The summed E-state index contributed by atoms with van der Waals surface area (Å²) in [7, 11) is 0. The molecule has 0 radical (unpaired) electrons. The van der Waals surface area contributed by atoms with Crippen molar-refractivity contribution in [1.82, 2.24) is 4.98 Å². The van der Waals surface area contributed by atoms with Gasteiger partial charge in [0, 0.05) is 29.0 Å². The number of ether oxygens (including phenoxy) is 1. The van der Waals surface area contributed by atoms with Gasteiger partial charge in [0.1, 0.15) is 23.2 Å². The Morgan fingerprint density at radius 3 is 2.77 bits per heavy atom. The summed E-state index contributed by atoms with van der Waals surface area (Å²) in [6.45, 7) is 1.70. The zero-order chi connectivity index (χ0) is 21.7. The van der Waals surface area contributed by atoms with Crippen molar-refractivity contribution in [3.8, 4) is 16.3 Å². The molecule has 3 aromatic rings. The quantitative estimate of drug-likeness (QED) is 0.413. The van der Waals surface area contributed by atoms with Gasteiger partial charge in [0.05, 0.1) is 12.2 Å². The van der Waals surface area contributed by atoms with Gasteiger partial charge in [0.2, 0.25) is 5.88 Å². The Morgan fingerprint density at radius 2 is 2.10 bits per heavy atom. The first-order valence-corrected chi connectivity index (χ1v) is 10.1. The fraction of sp³-hybridized carbons (Fsp3) is 0.238. The van der Waals surface area contributed by atoms with Crippen LogP contribution in [0.25, 0.3) is 10.4 Å². The summed E-state index contributed by atoms with van der Waals surface area (Å²) in [5.41, 5.74) is 6.74. The third-order valence-electron chi connectivity index (χ3n) is 4.41. The largest absolute Gasteiger partial charge is 0.475 e. The zero-order valence-corrected chi connectivity index (χ0v) is 17.1. The van der Waals surface area contributed by atoms with Crippen LogP contribution < -0.4 is 15.8 Å². The second-order valence-corrected chi connectivity index (χ2v) is 7.65. The van der Waals surface area contributed by atoms with E-state index in [-0.39, 0.29) is 31.3 Å². The van der Waals surface area contributed by atoms with Crippen LogP contribution in [-0.2, 0) is 0 Å². The van der Waals surface area contributed by atoms with Gasteiger partial charge in [-0.1, -0.05) is 25.1 Å². The highest BCUT2D eigenvalue weighted by Gasteiger charge is 2.18. The zero-order valence-electron chi connectivity index (χ0n) is 16.3. The summed E-state index contributed by atoms with van der Waals surface area (Å²) in [4.78, 5) is 16.7. The van der Waals surface area contributed by atoms with Crippen molar-refractivity contribution in [2.75, 3.05) is 25.1 Å². The van der Waals surface area contributed by atoms with Crippen LogP contribution in [0.15, 0.2) is 42.5 Å². The molecule has 1 atom stereocenters. The maximum atomic E-state index is 14.7. The van der Waals surface area contributed by atoms with Gasteiger partial charge in [0.25, 0.3) is 5.91 Å². The highest BCUT2D eigenvalue weighted by atomic mass is 32.1. The van der Waals surface area contributed by atoms with E-state index in [0.717, 1.165) is 0 Å². The van der Waals surface area contributed by atoms with Gasteiger partial charge in [-0.05, 0) is 23.8 Å². The van der Waals surface area contributed by atoms with Gasteiger partial charge in [-0.3, -0.25) is 4.79 Å². The Labute approximate surface area is 177 Å². The van der Waals surface area contributed by atoms with Crippen LogP contribution in [0.4, 0.5) is 15.2 Å². The van der Waals surface area contributed by atoms with Crippen molar-refractivity contribution in [2.45, 2.75) is 12.8 Å². The molecule has 0 spiro atoms. The molecule has 0 fully saturated rings. The SMILES string of the molecule is CC(CO)c1ccc(-c2cc(C(N)=O)c(Nc3cccc(OCCO)n3)s2)c(F)c1. The van der Waals surface area contributed by atoms with E-state index in [1.165, 1.54) is 23.5 Å². The number of anilines is 2. The highest BCUT2D eigenvalue weighted by molar-refractivity contribution is 7.19. The number of carbonyl (C=O) groups excluding carboxylic acids is 1. The number of halogens is 1. The topological polar surface area (TPSA) is 118 Å². The van der Waals surface area contributed by atoms with E-state index >= 15 is 0 Å². The second-order valence-electron chi connectivity index (χ2n) is 6.60. The maximum Gasteiger partial charge on any atom is 0.251 e. The number of aliphatic hydroxyl groups is 2. The number of rotatable bonds is 9. The predicted octanol–water partition coefficient (Wildman–Crippen LogP) is 3.26. The Balaban J connectivity index is 1.92. The molecule has 1 aromatic carbocycles. The number of nitrogens with one attached hydrogen (secondary N) is 1. The average molecular weight is 431 g/mol. The molecule has 9 heteroatoms. The lowest BCUT2D eigenvalue weighted by Gasteiger charge is -2.10. The van der Waals surface area contributed by atoms with Crippen molar-refractivity contribution in [3.05, 3.63) is 59.4 Å². The highest BCUT2D eigenvalue weighted by Crippen LogP contribution is 2.38. The maximum absolute atomic E-state index is 14.7. The van der Waals surface area contributed by atoms with Gasteiger partial charge in [-0.2, -0.15) is 4.98 Å². The van der Waals surface area contributed by atoms with Crippen molar-refractivity contribution in [1.29, 1.82) is 0 Å². The molecule has 0 aliphatic carbocycles. The average Bonchev–Trinajstić information content (AvgIpc) is 3.15. The van der Waals surface area contributed by atoms with Crippen LogP contribution in [0.2, 0.25) is 0 Å². The van der Waals surface area contributed by atoms with Crippen LogP contribution in [0.1, 0.15) is 28.8 Å². The third kappa shape index (κ3) is 4.93. The van der Waals surface area contributed by atoms with Crippen molar-refractivity contribution < 1.29 is 24.1 Å². The van der Waals surface area contributed by atoms with Crippen LogP contribution in [-0.4, -0.2) is 40.9 Å². The molecule has 5 N–H and O–H groups in total. The minimum Gasteiger partial charge on any atom is -0.475 e. The van der Waals surface area contributed by atoms with E-state index in [2.05, 4.69) is 10.3 Å². The Hall–Kier alpha value is -3.01. The standard InChI is InChI=1S/C21H22FN3O4S/c1-12(11-27)13-5-6-14(16(22)9-13)17-10-15(20(23)28)21(30-17)25-18-3-2-4-19(24-18)29-8-7-26/h2-6,9-10,12,26-27H,7-8,11H2,1H3,(H2,23,28)(H,24,25). The molecule has 0 aliphatic rings. The third-order valence-corrected chi connectivity index (χ3v) is 5.49. The van der Waals surface area contributed by atoms with E-state index in [0.29, 0.717) is 32.7 Å². The van der Waals surface area contributed by atoms with Gasteiger partial charge < -0.3 is 26.0 Å². The summed E-state index contributed by atoms with van der Waals surface area (Å²) in [5, 5.41) is 21.6. The number of amides is 1. The molecule has 1 unspecified atom stereocenters. The van der Waals surface area contributed by atoms with Gasteiger partial charge in [0.15, 0.2) is 0 Å². The number of carbonyl (C=O) groups is 1. The molecule has 2 heterocycles. The first-order chi connectivity index (χ1) is 14.4. The molecule has 7 nitrogen and oxygen atoms in total. The number of aromatic nitrogens is 1. The van der Waals surface area contributed by atoms with Crippen molar-refractivity contribution >= 4 is 28.1 Å². The lowest BCUT2D eigenvalue weighted by molar-refractivity contribution is 0.100. The van der Waals surface area contributed by atoms with Crippen LogP contribution in [0, 0.1) is 5.82 Å². The van der Waals surface area contributed by atoms with E-state index in [1.807, 2.05) is 0 Å². The van der Waals surface area contributed by atoms with Crippen LogP contribution in [0.3, 0.4) is 0 Å². The van der Waals surface area contributed by atoms with Crippen LogP contribution in [0.5, 0.6) is 5.88 Å². The molecule has 0 saturated carbocycles. The molecular formula is C21H22FN3O4S. The summed E-state index contributed by atoms with van der Waals surface area (Å²) in [6, 6.07) is 11.3. The van der Waals surface area contributed by atoms with Gasteiger partial charge in [-0.15, -0.1) is 11.3 Å². The molecule has 1 amide bonds. The lowest BCUT2D eigenvalue weighted by atomic mass is 9.99. The number of pyridine rings is 1. The monoisotopic (exact) mass is 431 g/mol. The molecule has 158 valence electrons. The summed E-state index contributed by atoms with van der Waals surface area (Å²) in [5.74, 6) is -0.561. The number of thiophene rings is 1. The summed E-state index contributed by atoms with van der Waals surface area (Å²) in [6.07, 6.45) is 0. The number of hydrogen-bond acceptors (Lipinski definition) is 7. The molecule has 30 heavy (non-hydrogen) atoms. The first kappa shape index (κ1) is 21.7. The molecule has 0 aliphatic heterocycles. The first-order valence-electron chi connectivity index (χ1n) is 9.25. The number of primary amides is 1. The predicted molar refractivity (Wildman–Crippen MR) is 114 cm³/mol. The molecule has 0 saturated heterocycles. The Bertz CT molecular complexity index is 1040. The van der Waals surface area contributed by atoms with Gasteiger partial charge in [-0.25, -0.2) is 4.39 Å². The normalized spacial score (nSPS) is 11.9. The second kappa shape index (κ2) is 9.66.